The monoisotopic (exact) mass is 319 g/mol. The molecule has 21 heavy (non-hydrogen) atoms. The molecule has 0 bridgehead atoms. The standard InChI is InChI=1S/C16H18ClN3S/c1-2-9-20-14-6-4-3-5-13(14)19-16(20)11-18-10-12-7-8-15(17)21-12/h3-8,18H,2,9-11H2,1H3. The maximum Gasteiger partial charge on any atom is 0.123 e. The zero-order chi connectivity index (χ0) is 14.7. The van der Waals surface area contributed by atoms with Gasteiger partial charge in [0.05, 0.1) is 21.9 Å². The van der Waals surface area contributed by atoms with Crippen molar-refractivity contribution < 1.29 is 0 Å². The molecule has 0 saturated heterocycles. The molecular formula is C16H18ClN3S. The van der Waals surface area contributed by atoms with Gasteiger partial charge < -0.3 is 9.88 Å². The number of hydrogen-bond donors (Lipinski definition) is 1. The van der Waals surface area contributed by atoms with Crippen LogP contribution >= 0.6 is 22.9 Å². The van der Waals surface area contributed by atoms with Crippen LogP contribution in [0.3, 0.4) is 0 Å². The Morgan fingerprint density at radius 1 is 1.19 bits per heavy atom. The van der Waals surface area contributed by atoms with Gasteiger partial charge in [-0.1, -0.05) is 30.7 Å². The van der Waals surface area contributed by atoms with Crippen LogP contribution in [-0.2, 0) is 19.6 Å². The van der Waals surface area contributed by atoms with Crippen molar-refractivity contribution in [3.8, 4) is 0 Å². The molecule has 0 aliphatic heterocycles. The first-order chi connectivity index (χ1) is 10.3. The molecule has 0 aliphatic rings. The lowest BCUT2D eigenvalue weighted by atomic mass is 10.3. The summed E-state index contributed by atoms with van der Waals surface area (Å²) >= 11 is 7.57. The first-order valence-electron chi connectivity index (χ1n) is 7.17. The topological polar surface area (TPSA) is 29.9 Å². The predicted octanol–water partition coefficient (Wildman–Crippen LogP) is 4.45. The number of thiophene rings is 1. The van der Waals surface area contributed by atoms with Crippen molar-refractivity contribution in [1.29, 1.82) is 0 Å². The molecule has 0 amide bonds. The number of aromatic nitrogens is 2. The van der Waals surface area contributed by atoms with Crippen LogP contribution < -0.4 is 5.32 Å². The van der Waals surface area contributed by atoms with Crippen LogP contribution in [0.5, 0.6) is 0 Å². The first-order valence-corrected chi connectivity index (χ1v) is 8.36. The van der Waals surface area contributed by atoms with Crippen LogP contribution in [0.4, 0.5) is 0 Å². The summed E-state index contributed by atoms with van der Waals surface area (Å²) in [6.45, 7) is 4.79. The minimum absolute atomic E-state index is 0.768. The lowest BCUT2D eigenvalue weighted by Gasteiger charge is -2.08. The van der Waals surface area contributed by atoms with E-state index in [2.05, 4.69) is 41.1 Å². The molecule has 1 aromatic carbocycles. The quantitative estimate of drug-likeness (QED) is 0.727. The molecular weight excluding hydrogens is 302 g/mol. The number of halogens is 1. The lowest BCUT2D eigenvalue weighted by Crippen LogP contribution is -2.16. The molecule has 3 rings (SSSR count). The maximum atomic E-state index is 5.95. The first kappa shape index (κ1) is 14.6. The van der Waals surface area contributed by atoms with E-state index >= 15 is 0 Å². The number of imidazole rings is 1. The Morgan fingerprint density at radius 3 is 2.81 bits per heavy atom. The SMILES string of the molecule is CCCn1c(CNCc2ccc(Cl)s2)nc2ccccc21. The highest BCUT2D eigenvalue weighted by atomic mass is 35.5. The largest absolute Gasteiger partial charge is 0.327 e. The minimum atomic E-state index is 0.768. The van der Waals surface area contributed by atoms with Crippen LogP contribution in [-0.4, -0.2) is 9.55 Å². The van der Waals surface area contributed by atoms with Gasteiger partial charge in [0.25, 0.3) is 0 Å². The zero-order valence-corrected chi connectivity index (χ0v) is 13.5. The Hall–Kier alpha value is -1.36. The van der Waals surface area contributed by atoms with Gasteiger partial charge >= 0.3 is 0 Å². The fraction of sp³-hybridized carbons (Fsp3) is 0.312. The van der Waals surface area contributed by atoms with Gasteiger partial charge in [-0.2, -0.15) is 0 Å². The van der Waals surface area contributed by atoms with Crippen LogP contribution in [0, 0.1) is 0 Å². The van der Waals surface area contributed by atoms with E-state index in [4.69, 9.17) is 16.6 Å². The number of rotatable bonds is 6. The molecule has 110 valence electrons. The molecule has 0 saturated carbocycles. The Bertz CT molecular complexity index is 732. The summed E-state index contributed by atoms with van der Waals surface area (Å²) < 4.78 is 3.15. The number of benzene rings is 1. The number of aryl methyl sites for hydroxylation is 1. The van der Waals surface area contributed by atoms with Crippen molar-refractivity contribution >= 4 is 34.0 Å². The third-order valence-electron chi connectivity index (χ3n) is 3.39. The highest BCUT2D eigenvalue weighted by Gasteiger charge is 2.09. The molecule has 3 nitrogen and oxygen atoms in total. The average molecular weight is 320 g/mol. The van der Waals surface area contributed by atoms with Crippen molar-refractivity contribution in [2.75, 3.05) is 0 Å². The summed E-state index contributed by atoms with van der Waals surface area (Å²) in [6.07, 6.45) is 1.11. The second-order valence-electron chi connectivity index (χ2n) is 4.98. The Labute approximate surface area is 133 Å². The molecule has 0 spiro atoms. The van der Waals surface area contributed by atoms with Crippen molar-refractivity contribution in [3.05, 3.63) is 51.4 Å². The van der Waals surface area contributed by atoms with E-state index < -0.39 is 0 Å². The lowest BCUT2D eigenvalue weighted by molar-refractivity contribution is 0.600. The van der Waals surface area contributed by atoms with Gasteiger partial charge in [-0.3, -0.25) is 0 Å². The van der Waals surface area contributed by atoms with Gasteiger partial charge in [-0.15, -0.1) is 11.3 Å². The molecule has 0 fully saturated rings. The highest BCUT2D eigenvalue weighted by molar-refractivity contribution is 7.16. The smallest absolute Gasteiger partial charge is 0.123 e. The Kier molecular flexibility index (Phi) is 4.58. The third-order valence-corrected chi connectivity index (χ3v) is 4.62. The third kappa shape index (κ3) is 3.28. The Balaban J connectivity index is 1.74. The van der Waals surface area contributed by atoms with E-state index in [1.54, 1.807) is 11.3 Å². The van der Waals surface area contributed by atoms with E-state index in [0.717, 1.165) is 41.7 Å². The molecule has 5 heteroatoms. The Morgan fingerprint density at radius 2 is 2.05 bits per heavy atom. The molecule has 2 heterocycles. The molecule has 0 aliphatic carbocycles. The van der Waals surface area contributed by atoms with Gasteiger partial charge in [0.15, 0.2) is 0 Å². The molecule has 2 aromatic heterocycles. The molecule has 0 atom stereocenters. The van der Waals surface area contributed by atoms with Crippen molar-refractivity contribution in [2.45, 2.75) is 33.0 Å². The summed E-state index contributed by atoms with van der Waals surface area (Å²) in [6, 6.07) is 12.3. The van der Waals surface area contributed by atoms with Crippen LogP contribution in [0.15, 0.2) is 36.4 Å². The maximum absolute atomic E-state index is 5.95. The predicted molar refractivity (Wildman–Crippen MR) is 89.9 cm³/mol. The zero-order valence-electron chi connectivity index (χ0n) is 12.0. The molecule has 1 N–H and O–H groups in total. The average Bonchev–Trinajstić information content (AvgIpc) is 3.04. The second kappa shape index (κ2) is 6.60. The van der Waals surface area contributed by atoms with E-state index in [9.17, 15) is 0 Å². The van der Waals surface area contributed by atoms with E-state index in [-0.39, 0.29) is 0 Å². The summed E-state index contributed by atoms with van der Waals surface area (Å²) in [7, 11) is 0. The summed E-state index contributed by atoms with van der Waals surface area (Å²) in [5, 5.41) is 3.46. The summed E-state index contributed by atoms with van der Waals surface area (Å²) in [5.74, 6) is 1.10. The van der Waals surface area contributed by atoms with E-state index in [0.29, 0.717) is 0 Å². The van der Waals surface area contributed by atoms with Gasteiger partial charge in [0.2, 0.25) is 0 Å². The number of nitrogens with zero attached hydrogens (tertiary/aromatic N) is 2. The minimum Gasteiger partial charge on any atom is -0.327 e. The van der Waals surface area contributed by atoms with Crippen molar-refractivity contribution in [2.24, 2.45) is 0 Å². The van der Waals surface area contributed by atoms with Gasteiger partial charge in [-0.05, 0) is 30.7 Å². The number of para-hydroxylation sites is 2. The van der Waals surface area contributed by atoms with Gasteiger partial charge in [0.1, 0.15) is 5.82 Å². The van der Waals surface area contributed by atoms with Crippen LogP contribution in [0.1, 0.15) is 24.0 Å². The van der Waals surface area contributed by atoms with E-state index in [1.165, 1.54) is 10.4 Å². The number of hydrogen-bond acceptors (Lipinski definition) is 3. The van der Waals surface area contributed by atoms with Crippen molar-refractivity contribution in [1.82, 2.24) is 14.9 Å². The van der Waals surface area contributed by atoms with E-state index in [1.807, 2.05) is 12.1 Å². The number of nitrogens with one attached hydrogen (secondary N) is 1. The highest BCUT2D eigenvalue weighted by Crippen LogP contribution is 2.21. The second-order valence-corrected chi connectivity index (χ2v) is 6.78. The molecule has 0 unspecified atom stereocenters. The summed E-state index contributed by atoms with van der Waals surface area (Å²) in [4.78, 5) is 5.99. The van der Waals surface area contributed by atoms with Crippen LogP contribution in [0.25, 0.3) is 11.0 Å². The molecule has 0 radical (unpaired) electrons. The van der Waals surface area contributed by atoms with Crippen LogP contribution in [0.2, 0.25) is 4.34 Å². The fourth-order valence-corrected chi connectivity index (χ4v) is 3.53. The van der Waals surface area contributed by atoms with Crippen molar-refractivity contribution in [3.63, 3.8) is 0 Å². The van der Waals surface area contributed by atoms with Gasteiger partial charge in [-0.25, -0.2) is 4.98 Å². The fourth-order valence-electron chi connectivity index (χ4n) is 2.48. The van der Waals surface area contributed by atoms with Gasteiger partial charge in [0, 0.05) is 18.0 Å². The summed E-state index contributed by atoms with van der Waals surface area (Å²) in [5.41, 5.74) is 2.29. The normalized spacial score (nSPS) is 11.3. The molecule has 3 aromatic rings. The number of fused-ring (bicyclic) bond motifs is 1.